The minimum absolute atomic E-state index is 1.18. The van der Waals surface area contributed by atoms with Gasteiger partial charge in [-0.15, -0.1) is 0 Å². The number of nitrogens with zero attached hydrogens (tertiary/aromatic N) is 1. The maximum atomic E-state index is 4.16. The Morgan fingerprint density at radius 3 is 1.88 bits per heavy atom. The van der Waals surface area contributed by atoms with Crippen molar-refractivity contribution in [1.82, 2.24) is 4.98 Å². The van der Waals surface area contributed by atoms with Crippen LogP contribution in [0.2, 0.25) is 0 Å². The van der Waals surface area contributed by atoms with E-state index in [9.17, 15) is 0 Å². The molecule has 2 rings (SSSR count). The van der Waals surface area contributed by atoms with Crippen molar-refractivity contribution in [1.29, 1.82) is 0 Å². The molecule has 0 atom stereocenters. The van der Waals surface area contributed by atoms with Crippen molar-refractivity contribution in [3.05, 3.63) is 54.4 Å². The van der Waals surface area contributed by atoms with Crippen LogP contribution in [0.3, 0.4) is 0 Å². The SMILES string of the molecule is CC.CC.Cc1cncc(-c2ccccc2)c1. The molecule has 0 saturated heterocycles. The lowest BCUT2D eigenvalue weighted by Crippen LogP contribution is -1.81. The highest BCUT2D eigenvalue weighted by molar-refractivity contribution is 5.62. The van der Waals surface area contributed by atoms with Gasteiger partial charge in [-0.3, -0.25) is 4.98 Å². The topological polar surface area (TPSA) is 12.9 Å². The molecule has 17 heavy (non-hydrogen) atoms. The largest absolute Gasteiger partial charge is 0.264 e. The summed E-state index contributed by atoms with van der Waals surface area (Å²) < 4.78 is 0. The van der Waals surface area contributed by atoms with Crippen LogP contribution < -0.4 is 0 Å². The van der Waals surface area contributed by atoms with Gasteiger partial charge in [0.25, 0.3) is 0 Å². The second-order valence-electron chi connectivity index (χ2n) is 3.12. The Kier molecular flexibility index (Phi) is 8.67. The van der Waals surface area contributed by atoms with Crippen molar-refractivity contribution in [2.75, 3.05) is 0 Å². The van der Waals surface area contributed by atoms with Crippen LogP contribution in [0.1, 0.15) is 33.3 Å². The van der Waals surface area contributed by atoms with Crippen molar-refractivity contribution >= 4 is 0 Å². The van der Waals surface area contributed by atoms with E-state index in [4.69, 9.17) is 0 Å². The van der Waals surface area contributed by atoms with Gasteiger partial charge in [-0.1, -0.05) is 58.0 Å². The van der Waals surface area contributed by atoms with Crippen LogP contribution in [-0.4, -0.2) is 4.98 Å². The molecule has 1 aromatic carbocycles. The molecular weight excluding hydrogens is 206 g/mol. The molecule has 0 aliphatic carbocycles. The molecule has 2 aromatic rings. The Balaban J connectivity index is 0.000000581. The number of hydrogen-bond acceptors (Lipinski definition) is 1. The van der Waals surface area contributed by atoms with Crippen molar-refractivity contribution in [3.8, 4) is 11.1 Å². The quantitative estimate of drug-likeness (QED) is 0.662. The van der Waals surface area contributed by atoms with Crippen LogP contribution in [0.25, 0.3) is 11.1 Å². The highest BCUT2D eigenvalue weighted by Gasteiger charge is 1.95. The maximum absolute atomic E-state index is 4.16. The Bertz CT molecular complexity index is 393. The van der Waals surface area contributed by atoms with Gasteiger partial charge in [0.2, 0.25) is 0 Å². The molecule has 1 aromatic heterocycles. The Morgan fingerprint density at radius 2 is 1.35 bits per heavy atom. The molecule has 0 radical (unpaired) electrons. The number of aryl methyl sites for hydroxylation is 1. The summed E-state index contributed by atoms with van der Waals surface area (Å²) in [5.41, 5.74) is 3.60. The minimum Gasteiger partial charge on any atom is -0.264 e. The van der Waals surface area contributed by atoms with Crippen LogP contribution in [0.4, 0.5) is 0 Å². The van der Waals surface area contributed by atoms with Crippen molar-refractivity contribution in [3.63, 3.8) is 0 Å². The Hall–Kier alpha value is -1.63. The number of rotatable bonds is 1. The number of benzene rings is 1. The molecular formula is C16H23N. The van der Waals surface area contributed by atoms with E-state index in [0.717, 1.165) is 0 Å². The minimum atomic E-state index is 1.18. The monoisotopic (exact) mass is 229 g/mol. The van der Waals surface area contributed by atoms with E-state index in [1.807, 2.05) is 58.3 Å². The lowest BCUT2D eigenvalue weighted by molar-refractivity contribution is 1.27. The first-order valence-corrected chi connectivity index (χ1v) is 6.33. The highest BCUT2D eigenvalue weighted by Crippen LogP contribution is 2.17. The summed E-state index contributed by atoms with van der Waals surface area (Å²) in [5.74, 6) is 0. The molecule has 1 heteroatoms. The van der Waals surface area contributed by atoms with E-state index in [-0.39, 0.29) is 0 Å². The molecule has 1 heterocycles. The fraction of sp³-hybridized carbons (Fsp3) is 0.312. The van der Waals surface area contributed by atoms with Crippen LogP contribution in [0, 0.1) is 6.92 Å². The highest BCUT2D eigenvalue weighted by atomic mass is 14.6. The Labute approximate surface area is 106 Å². The van der Waals surface area contributed by atoms with E-state index in [1.165, 1.54) is 16.7 Å². The van der Waals surface area contributed by atoms with Gasteiger partial charge in [-0.05, 0) is 24.1 Å². The van der Waals surface area contributed by atoms with E-state index >= 15 is 0 Å². The first kappa shape index (κ1) is 15.4. The van der Waals surface area contributed by atoms with E-state index in [2.05, 4.69) is 30.1 Å². The predicted octanol–water partition coefficient (Wildman–Crippen LogP) is 5.11. The fourth-order valence-corrected chi connectivity index (χ4v) is 1.34. The normalized spacial score (nSPS) is 8.29. The summed E-state index contributed by atoms with van der Waals surface area (Å²) in [4.78, 5) is 4.16. The predicted molar refractivity (Wildman–Crippen MR) is 77.1 cm³/mol. The third-order valence-corrected chi connectivity index (χ3v) is 1.98. The zero-order valence-corrected chi connectivity index (χ0v) is 11.6. The molecule has 0 saturated carbocycles. The lowest BCUT2D eigenvalue weighted by Gasteiger charge is -2.00. The Morgan fingerprint density at radius 1 is 0.765 bits per heavy atom. The summed E-state index contributed by atoms with van der Waals surface area (Å²) in [6.07, 6.45) is 3.76. The molecule has 1 nitrogen and oxygen atoms in total. The molecule has 0 fully saturated rings. The third-order valence-electron chi connectivity index (χ3n) is 1.98. The zero-order valence-electron chi connectivity index (χ0n) is 11.6. The molecule has 0 unspecified atom stereocenters. The maximum Gasteiger partial charge on any atom is 0.0346 e. The summed E-state index contributed by atoms with van der Waals surface area (Å²) in [6.45, 7) is 10.1. The van der Waals surface area contributed by atoms with E-state index in [0.29, 0.717) is 0 Å². The first-order valence-electron chi connectivity index (χ1n) is 6.33. The fourth-order valence-electron chi connectivity index (χ4n) is 1.34. The number of hydrogen-bond donors (Lipinski definition) is 0. The summed E-state index contributed by atoms with van der Waals surface area (Å²) in [5, 5.41) is 0. The molecule has 0 aliphatic rings. The molecule has 0 N–H and O–H groups in total. The number of aromatic nitrogens is 1. The van der Waals surface area contributed by atoms with Crippen LogP contribution in [0.5, 0.6) is 0 Å². The van der Waals surface area contributed by atoms with Gasteiger partial charge < -0.3 is 0 Å². The molecule has 92 valence electrons. The molecule has 0 spiro atoms. The molecule has 0 aliphatic heterocycles. The standard InChI is InChI=1S/C12H11N.2C2H6/c1-10-7-12(9-13-8-10)11-5-3-2-4-6-11;2*1-2/h2-9H,1H3;2*1-2H3. The number of pyridine rings is 1. The van der Waals surface area contributed by atoms with Gasteiger partial charge in [-0.2, -0.15) is 0 Å². The molecule has 0 amide bonds. The van der Waals surface area contributed by atoms with Gasteiger partial charge >= 0.3 is 0 Å². The van der Waals surface area contributed by atoms with Gasteiger partial charge in [0, 0.05) is 18.0 Å². The van der Waals surface area contributed by atoms with Gasteiger partial charge in [0.1, 0.15) is 0 Å². The average Bonchev–Trinajstić information content (AvgIpc) is 2.44. The van der Waals surface area contributed by atoms with Crippen LogP contribution in [0.15, 0.2) is 48.8 Å². The lowest BCUT2D eigenvalue weighted by atomic mass is 10.1. The van der Waals surface area contributed by atoms with Crippen LogP contribution >= 0.6 is 0 Å². The zero-order chi connectivity index (χ0) is 13.1. The van der Waals surface area contributed by atoms with Crippen molar-refractivity contribution < 1.29 is 0 Å². The van der Waals surface area contributed by atoms with E-state index < -0.39 is 0 Å². The summed E-state index contributed by atoms with van der Waals surface area (Å²) >= 11 is 0. The van der Waals surface area contributed by atoms with Crippen LogP contribution in [-0.2, 0) is 0 Å². The van der Waals surface area contributed by atoms with Gasteiger partial charge in [0.15, 0.2) is 0 Å². The van der Waals surface area contributed by atoms with Crippen molar-refractivity contribution in [2.45, 2.75) is 34.6 Å². The molecule has 0 bridgehead atoms. The second kappa shape index (κ2) is 9.59. The van der Waals surface area contributed by atoms with Gasteiger partial charge in [-0.25, -0.2) is 0 Å². The summed E-state index contributed by atoms with van der Waals surface area (Å²) in [7, 11) is 0. The third kappa shape index (κ3) is 5.30. The average molecular weight is 229 g/mol. The second-order valence-corrected chi connectivity index (χ2v) is 3.12. The van der Waals surface area contributed by atoms with E-state index in [1.54, 1.807) is 0 Å². The first-order chi connectivity index (χ1) is 8.36. The van der Waals surface area contributed by atoms with Crippen molar-refractivity contribution in [2.24, 2.45) is 0 Å². The summed E-state index contributed by atoms with van der Waals surface area (Å²) in [6, 6.07) is 12.4. The smallest absolute Gasteiger partial charge is 0.0346 e. The van der Waals surface area contributed by atoms with Gasteiger partial charge in [0.05, 0.1) is 0 Å².